The van der Waals surface area contributed by atoms with Crippen LogP contribution >= 0.6 is 0 Å². The molecule has 1 N–H and O–H groups in total. The van der Waals surface area contributed by atoms with Gasteiger partial charge >= 0.3 is 6.01 Å². The van der Waals surface area contributed by atoms with Crippen molar-refractivity contribution in [3.63, 3.8) is 0 Å². The topological polar surface area (TPSA) is 78.0 Å². The van der Waals surface area contributed by atoms with Crippen molar-refractivity contribution in [1.29, 1.82) is 0 Å². The van der Waals surface area contributed by atoms with E-state index in [0.717, 1.165) is 30.8 Å². The lowest BCUT2D eigenvalue weighted by molar-refractivity contribution is 0.0897. The van der Waals surface area contributed by atoms with Gasteiger partial charge in [-0.15, -0.1) is 5.10 Å². The zero-order valence-corrected chi connectivity index (χ0v) is 12.6. The maximum atomic E-state index is 5.59. The Labute approximate surface area is 133 Å². The summed E-state index contributed by atoms with van der Waals surface area (Å²) in [6.07, 6.45) is 3.84. The lowest BCUT2D eigenvalue weighted by Crippen LogP contribution is -2.02. The highest BCUT2D eigenvalue weighted by atomic mass is 16.5. The van der Waals surface area contributed by atoms with Crippen LogP contribution in [0, 0.1) is 0 Å². The Morgan fingerprint density at radius 3 is 2.91 bits per heavy atom. The molecule has 2 aromatic heterocycles. The number of nitrogens with one attached hydrogen (secondary N) is 1. The molecule has 0 saturated carbocycles. The first-order valence-electron chi connectivity index (χ1n) is 7.67. The maximum absolute atomic E-state index is 5.59. The summed E-state index contributed by atoms with van der Waals surface area (Å²) in [5.74, 6) is 0.541. The fourth-order valence-electron chi connectivity index (χ4n) is 2.56. The highest BCUT2D eigenvalue weighted by Crippen LogP contribution is 2.28. The van der Waals surface area contributed by atoms with Crippen LogP contribution in [0.25, 0.3) is 5.69 Å². The second-order valence-electron chi connectivity index (χ2n) is 5.39. The molecule has 118 valence electrons. The average molecular weight is 311 g/mol. The fourth-order valence-corrected chi connectivity index (χ4v) is 2.56. The minimum Gasteiger partial charge on any atom is -0.405 e. The Bertz CT molecular complexity index is 762. The second kappa shape index (κ2) is 6.21. The number of rotatable bonds is 5. The van der Waals surface area contributed by atoms with Crippen LogP contribution in [0.4, 0.5) is 6.01 Å². The van der Waals surface area contributed by atoms with Gasteiger partial charge < -0.3 is 14.5 Å². The molecule has 7 nitrogen and oxygen atoms in total. The molecule has 4 rings (SSSR count). The highest BCUT2D eigenvalue weighted by molar-refractivity contribution is 5.30. The Hall–Kier alpha value is -2.67. The number of hydrogen-bond acceptors (Lipinski definition) is 6. The molecule has 0 aliphatic carbocycles. The van der Waals surface area contributed by atoms with Crippen LogP contribution in [0.15, 0.2) is 47.0 Å². The lowest BCUT2D eigenvalue weighted by Gasteiger charge is -2.02. The van der Waals surface area contributed by atoms with Crippen molar-refractivity contribution in [3.8, 4) is 5.69 Å². The number of para-hydroxylation sites is 1. The van der Waals surface area contributed by atoms with Gasteiger partial charge in [0.05, 0.1) is 17.9 Å². The maximum Gasteiger partial charge on any atom is 0.315 e. The molecule has 0 bridgehead atoms. The van der Waals surface area contributed by atoms with Crippen molar-refractivity contribution in [2.24, 2.45) is 0 Å². The van der Waals surface area contributed by atoms with Gasteiger partial charge in [0, 0.05) is 12.8 Å². The van der Waals surface area contributed by atoms with Crippen molar-refractivity contribution in [3.05, 3.63) is 54.2 Å². The van der Waals surface area contributed by atoms with Gasteiger partial charge in [0.1, 0.15) is 6.10 Å². The minimum absolute atomic E-state index is 0.0599. The summed E-state index contributed by atoms with van der Waals surface area (Å²) in [6, 6.07) is 12.3. The van der Waals surface area contributed by atoms with Gasteiger partial charge in [-0.2, -0.15) is 5.10 Å². The molecule has 7 heteroatoms. The monoisotopic (exact) mass is 311 g/mol. The summed E-state index contributed by atoms with van der Waals surface area (Å²) in [5, 5.41) is 15.6. The van der Waals surface area contributed by atoms with E-state index in [9.17, 15) is 0 Å². The van der Waals surface area contributed by atoms with E-state index in [-0.39, 0.29) is 6.10 Å². The van der Waals surface area contributed by atoms with Crippen LogP contribution < -0.4 is 5.32 Å². The van der Waals surface area contributed by atoms with E-state index in [4.69, 9.17) is 9.15 Å². The van der Waals surface area contributed by atoms with Crippen molar-refractivity contribution >= 4 is 6.01 Å². The first kappa shape index (κ1) is 14.0. The Kier molecular flexibility index (Phi) is 3.77. The van der Waals surface area contributed by atoms with Gasteiger partial charge in [-0.1, -0.05) is 23.3 Å². The number of aromatic nitrogens is 4. The predicted octanol–water partition coefficient (Wildman–Crippen LogP) is 2.72. The van der Waals surface area contributed by atoms with E-state index in [1.165, 1.54) is 0 Å². The van der Waals surface area contributed by atoms with Gasteiger partial charge in [-0.05, 0) is 31.0 Å². The van der Waals surface area contributed by atoms with E-state index in [1.54, 1.807) is 0 Å². The molecule has 1 atom stereocenters. The summed E-state index contributed by atoms with van der Waals surface area (Å²) in [6.45, 7) is 1.28. The first-order chi connectivity index (χ1) is 11.4. The van der Waals surface area contributed by atoms with E-state index in [0.29, 0.717) is 18.5 Å². The molecule has 1 aliphatic rings. The van der Waals surface area contributed by atoms with E-state index in [2.05, 4.69) is 20.6 Å². The van der Waals surface area contributed by atoms with Crippen LogP contribution in [0.5, 0.6) is 0 Å². The minimum atomic E-state index is -0.0599. The molecule has 3 aromatic rings. The van der Waals surface area contributed by atoms with E-state index >= 15 is 0 Å². The summed E-state index contributed by atoms with van der Waals surface area (Å²) >= 11 is 0. The third kappa shape index (κ3) is 3.09. The molecule has 0 spiro atoms. The average Bonchev–Trinajstić information content (AvgIpc) is 3.33. The van der Waals surface area contributed by atoms with Crippen molar-refractivity contribution in [2.75, 3.05) is 11.9 Å². The van der Waals surface area contributed by atoms with Crippen molar-refractivity contribution in [2.45, 2.75) is 25.5 Å². The molecule has 1 fully saturated rings. The SMILES string of the molecule is c1ccc(-n2ccc(CNc3nnc([C@H]4CCCO4)o3)n2)cc1. The second-order valence-corrected chi connectivity index (χ2v) is 5.39. The molecule has 0 amide bonds. The van der Waals surface area contributed by atoms with Crippen LogP contribution in [-0.4, -0.2) is 26.6 Å². The molecule has 0 unspecified atom stereocenters. The Morgan fingerprint density at radius 1 is 1.17 bits per heavy atom. The predicted molar refractivity (Wildman–Crippen MR) is 83.1 cm³/mol. The van der Waals surface area contributed by atoms with Gasteiger partial charge in [-0.3, -0.25) is 0 Å². The standard InChI is InChI=1S/C16H17N5O2/c1-2-5-13(6-3-1)21-9-8-12(20-21)11-17-16-19-18-15(23-16)14-7-4-10-22-14/h1-3,5-6,8-9,14H,4,7,10-11H2,(H,17,19)/t14-/m1/s1. The molecule has 23 heavy (non-hydrogen) atoms. The zero-order valence-electron chi connectivity index (χ0n) is 12.6. The van der Waals surface area contributed by atoms with Gasteiger partial charge in [0.25, 0.3) is 0 Å². The Morgan fingerprint density at radius 2 is 2.09 bits per heavy atom. The molecule has 3 heterocycles. The zero-order chi connectivity index (χ0) is 15.5. The molecule has 0 radical (unpaired) electrons. The van der Waals surface area contributed by atoms with Crippen LogP contribution in [0.3, 0.4) is 0 Å². The molecule has 1 saturated heterocycles. The number of benzene rings is 1. The number of hydrogen-bond donors (Lipinski definition) is 1. The molecular formula is C16H17N5O2. The van der Waals surface area contributed by atoms with Crippen LogP contribution in [0.1, 0.15) is 30.5 Å². The Balaban J connectivity index is 1.39. The smallest absolute Gasteiger partial charge is 0.315 e. The summed E-state index contributed by atoms with van der Waals surface area (Å²) in [7, 11) is 0. The summed E-state index contributed by atoms with van der Waals surface area (Å²) in [4.78, 5) is 0. The van der Waals surface area contributed by atoms with Crippen LogP contribution in [-0.2, 0) is 11.3 Å². The number of anilines is 1. The van der Waals surface area contributed by atoms with Crippen LogP contribution in [0.2, 0.25) is 0 Å². The third-order valence-electron chi connectivity index (χ3n) is 3.73. The van der Waals surface area contributed by atoms with E-state index in [1.807, 2.05) is 47.3 Å². The van der Waals surface area contributed by atoms with E-state index < -0.39 is 0 Å². The molecular weight excluding hydrogens is 294 g/mol. The lowest BCUT2D eigenvalue weighted by atomic mass is 10.2. The number of ether oxygens (including phenoxy) is 1. The largest absolute Gasteiger partial charge is 0.405 e. The fraction of sp³-hybridized carbons (Fsp3) is 0.312. The quantitative estimate of drug-likeness (QED) is 0.780. The molecule has 1 aliphatic heterocycles. The highest BCUT2D eigenvalue weighted by Gasteiger charge is 2.23. The third-order valence-corrected chi connectivity index (χ3v) is 3.73. The normalized spacial score (nSPS) is 17.5. The first-order valence-corrected chi connectivity index (χ1v) is 7.67. The number of nitrogens with zero attached hydrogens (tertiary/aromatic N) is 4. The van der Waals surface area contributed by atoms with Gasteiger partial charge in [0.2, 0.25) is 5.89 Å². The van der Waals surface area contributed by atoms with Gasteiger partial charge in [0.15, 0.2) is 0 Å². The van der Waals surface area contributed by atoms with Gasteiger partial charge in [-0.25, -0.2) is 4.68 Å². The molecule has 1 aromatic carbocycles. The van der Waals surface area contributed by atoms with Crippen molar-refractivity contribution in [1.82, 2.24) is 20.0 Å². The summed E-state index contributed by atoms with van der Waals surface area (Å²) in [5.41, 5.74) is 1.92. The van der Waals surface area contributed by atoms with Crippen molar-refractivity contribution < 1.29 is 9.15 Å². The summed E-state index contributed by atoms with van der Waals surface area (Å²) < 4.78 is 13.0.